The number of carbonyl (C=O) groups is 1. The lowest BCUT2D eigenvalue weighted by molar-refractivity contribution is 0.0600. The van der Waals surface area contributed by atoms with Crippen LogP contribution in [0.1, 0.15) is 67.1 Å². The summed E-state index contributed by atoms with van der Waals surface area (Å²) in [7, 11) is 3.63. The molecule has 1 saturated carbocycles. The zero-order valence-electron chi connectivity index (χ0n) is 19.3. The van der Waals surface area contributed by atoms with Gasteiger partial charge in [-0.1, -0.05) is 17.7 Å². The average Bonchev–Trinajstić information content (AvgIpc) is 2.81. The van der Waals surface area contributed by atoms with Gasteiger partial charge in [-0.25, -0.2) is 4.79 Å². The third kappa shape index (κ3) is 5.21. The topological polar surface area (TPSA) is 45.7 Å². The Morgan fingerprint density at radius 2 is 1.94 bits per heavy atom. The first kappa shape index (κ1) is 23.6. The van der Waals surface area contributed by atoms with Crippen LogP contribution in [-0.2, 0) is 4.74 Å². The predicted molar refractivity (Wildman–Crippen MR) is 127 cm³/mol. The molecule has 0 aliphatic heterocycles. The van der Waals surface area contributed by atoms with Crippen LogP contribution in [0.2, 0.25) is 5.02 Å². The Morgan fingerprint density at radius 3 is 2.52 bits per heavy atom. The second-order valence-electron chi connectivity index (χ2n) is 8.47. The number of rotatable bonds is 7. The van der Waals surface area contributed by atoms with E-state index in [4.69, 9.17) is 16.3 Å². The van der Waals surface area contributed by atoms with Crippen LogP contribution in [0.5, 0.6) is 0 Å². The molecule has 2 aromatic rings. The number of methoxy groups -OCH3 is 1. The molecule has 3 rings (SSSR count). The monoisotopic (exact) mass is 443 g/mol. The predicted octanol–water partition coefficient (Wildman–Crippen LogP) is 5.66. The number of carbonyl (C=O) groups excluding carboxylic acids is 1. The zero-order chi connectivity index (χ0) is 22.5. The molecule has 0 N–H and O–H groups in total. The Bertz CT molecular complexity index is 882. The van der Waals surface area contributed by atoms with Crippen LogP contribution < -0.4 is 4.90 Å². The molecular formula is C25H34ClN3O2. The number of aromatic nitrogens is 1. The van der Waals surface area contributed by atoms with Crippen LogP contribution in [-0.4, -0.2) is 48.6 Å². The molecule has 0 amide bonds. The molecular weight excluding hydrogens is 410 g/mol. The van der Waals surface area contributed by atoms with Crippen molar-refractivity contribution in [2.45, 2.75) is 64.6 Å². The molecule has 1 fully saturated rings. The fourth-order valence-corrected chi connectivity index (χ4v) is 5.07. The van der Waals surface area contributed by atoms with Gasteiger partial charge in [0.05, 0.1) is 12.7 Å². The maximum Gasteiger partial charge on any atom is 0.338 e. The Labute approximate surface area is 191 Å². The standard InChI is InChI=1S/C25H34ClN3O2/c1-6-29(24-15-20(26)14-23(17(24)2)25(30)31-5)22-11-9-21(10-12-22)28(4)18(3)19-8-7-13-27-16-19/h7-8,13-16,18,21-22H,6,9-12H2,1-5H3. The van der Waals surface area contributed by atoms with Gasteiger partial charge >= 0.3 is 5.97 Å². The van der Waals surface area contributed by atoms with Crippen molar-refractivity contribution in [1.29, 1.82) is 0 Å². The molecule has 6 heteroatoms. The third-order valence-electron chi connectivity index (χ3n) is 6.86. The molecule has 0 saturated heterocycles. The summed E-state index contributed by atoms with van der Waals surface area (Å²) in [5.74, 6) is -0.341. The number of esters is 1. The quantitative estimate of drug-likeness (QED) is 0.516. The van der Waals surface area contributed by atoms with Gasteiger partial charge in [-0.2, -0.15) is 0 Å². The second kappa shape index (κ2) is 10.5. The highest BCUT2D eigenvalue weighted by atomic mass is 35.5. The molecule has 1 heterocycles. The average molecular weight is 444 g/mol. The van der Waals surface area contributed by atoms with Gasteiger partial charge in [-0.15, -0.1) is 0 Å². The van der Waals surface area contributed by atoms with E-state index < -0.39 is 0 Å². The minimum absolute atomic E-state index is 0.341. The molecule has 0 radical (unpaired) electrons. The molecule has 5 nitrogen and oxygen atoms in total. The Balaban J connectivity index is 1.72. The van der Waals surface area contributed by atoms with Gasteiger partial charge in [0.2, 0.25) is 0 Å². The minimum Gasteiger partial charge on any atom is -0.465 e. The summed E-state index contributed by atoms with van der Waals surface area (Å²) in [6.45, 7) is 7.28. The number of hydrogen-bond donors (Lipinski definition) is 0. The summed E-state index contributed by atoms with van der Waals surface area (Å²) in [5.41, 5.74) is 3.77. The van der Waals surface area contributed by atoms with Gasteiger partial charge in [0.15, 0.2) is 0 Å². The molecule has 1 aliphatic rings. The number of ether oxygens (including phenoxy) is 1. The van der Waals surface area contributed by atoms with Crippen molar-refractivity contribution in [3.8, 4) is 0 Å². The fourth-order valence-electron chi connectivity index (χ4n) is 4.86. The number of nitrogens with zero attached hydrogens (tertiary/aromatic N) is 3. The van der Waals surface area contributed by atoms with Crippen LogP contribution >= 0.6 is 11.6 Å². The molecule has 1 aromatic carbocycles. The number of halogens is 1. The van der Waals surface area contributed by atoms with Crippen molar-refractivity contribution in [1.82, 2.24) is 9.88 Å². The van der Waals surface area contributed by atoms with E-state index >= 15 is 0 Å². The molecule has 31 heavy (non-hydrogen) atoms. The first-order chi connectivity index (χ1) is 14.9. The smallest absolute Gasteiger partial charge is 0.338 e. The van der Waals surface area contributed by atoms with E-state index in [1.54, 1.807) is 6.07 Å². The van der Waals surface area contributed by atoms with Gasteiger partial charge in [0, 0.05) is 47.8 Å². The van der Waals surface area contributed by atoms with Gasteiger partial charge < -0.3 is 9.64 Å². The highest BCUT2D eigenvalue weighted by molar-refractivity contribution is 6.31. The van der Waals surface area contributed by atoms with Gasteiger partial charge in [0.25, 0.3) is 0 Å². The SMILES string of the molecule is CCN(c1cc(Cl)cc(C(=O)OC)c1C)C1CCC(N(C)C(C)c2cccnc2)CC1. The van der Waals surface area contributed by atoms with Crippen molar-refractivity contribution in [3.63, 3.8) is 0 Å². The van der Waals surface area contributed by atoms with Crippen molar-refractivity contribution in [2.24, 2.45) is 0 Å². The van der Waals surface area contributed by atoms with Gasteiger partial charge in [0.1, 0.15) is 0 Å². The normalized spacial score (nSPS) is 19.8. The van der Waals surface area contributed by atoms with Gasteiger partial charge in [-0.3, -0.25) is 9.88 Å². The lowest BCUT2D eigenvalue weighted by atomic mass is 9.87. The maximum absolute atomic E-state index is 12.2. The van der Waals surface area contributed by atoms with E-state index in [9.17, 15) is 4.79 Å². The van der Waals surface area contributed by atoms with E-state index in [2.05, 4.69) is 41.7 Å². The largest absolute Gasteiger partial charge is 0.465 e. The van der Waals surface area contributed by atoms with Crippen molar-refractivity contribution < 1.29 is 9.53 Å². The lowest BCUT2D eigenvalue weighted by Gasteiger charge is -2.42. The summed E-state index contributed by atoms with van der Waals surface area (Å²) in [4.78, 5) is 21.4. The van der Waals surface area contributed by atoms with Crippen LogP contribution in [0.25, 0.3) is 0 Å². The Hall–Kier alpha value is -2.11. The lowest BCUT2D eigenvalue weighted by Crippen LogP contribution is -2.44. The van der Waals surface area contributed by atoms with Crippen LogP contribution in [0.3, 0.4) is 0 Å². The molecule has 0 spiro atoms. The first-order valence-corrected chi connectivity index (χ1v) is 11.5. The fraction of sp³-hybridized carbons (Fsp3) is 0.520. The Kier molecular flexibility index (Phi) is 7.95. The van der Waals surface area contributed by atoms with Crippen LogP contribution in [0, 0.1) is 6.92 Å². The van der Waals surface area contributed by atoms with E-state index in [0.29, 0.717) is 28.7 Å². The number of hydrogen-bond acceptors (Lipinski definition) is 5. The summed E-state index contributed by atoms with van der Waals surface area (Å²) in [5, 5.41) is 0.568. The summed E-state index contributed by atoms with van der Waals surface area (Å²) < 4.78 is 4.96. The minimum atomic E-state index is -0.341. The van der Waals surface area contributed by atoms with Gasteiger partial charge in [-0.05, 0) is 82.8 Å². The van der Waals surface area contributed by atoms with E-state index in [-0.39, 0.29) is 5.97 Å². The van der Waals surface area contributed by atoms with Crippen molar-refractivity contribution in [3.05, 3.63) is 58.4 Å². The zero-order valence-corrected chi connectivity index (χ0v) is 20.0. The third-order valence-corrected chi connectivity index (χ3v) is 7.08. The molecule has 1 aromatic heterocycles. The number of anilines is 1. The molecule has 1 unspecified atom stereocenters. The summed E-state index contributed by atoms with van der Waals surface area (Å²) >= 11 is 6.37. The van der Waals surface area contributed by atoms with Crippen molar-refractivity contribution >= 4 is 23.3 Å². The Morgan fingerprint density at radius 1 is 1.26 bits per heavy atom. The highest BCUT2D eigenvalue weighted by Crippen LogP contribution is 2.35. The van der Waals surface area contributed by atoms with Crippen molar-refractivity contribution in [2.75, 3.05) is 25.6 Å². The van der Waals surface area contributed by atoms with E-state index in [1.165, 1.54) is 12.7 Å². The maximum atomic E-state index is 12.2. The summed E-state index contributed by atoms with van der Waals surface area (Å²) in [6.07, 6.45) is 8.30. The van der Waals surface area contributed by atoms with Crippen LogP contribution in [0.15, 0.2) is 36.7 Å². The highest BCUT2D eigenvalue weighted by Gasteiger charge is 2.30. The van der Waals surface area contributed by atoms with Crippen LogP contribution in [0.4, 0.5) is 5.69 Å². The first-order valence-electron chi connectivity index (χ1n) is 11.1. The number of benzene rings is 1. The molecule has 0 bridgehead atoms. The number of pyridine rings is 1. The van der Waals surface area contributed by atoms with E-state index in [1.807, 2.05) is 31.5 Å². The molecule has 1 atom stereocenters. The summed E-state index contributed by atoms with van der Waals surface area (Å²) in [6, 6.07) is 9.17. The molecule has 168 valence electrons. The molecule has 1 aliphatic carbocycles. The second-order valence-corrected chi connectivity index (χ2v) is 8.90. The van der Waals surface area contributed by atoms with E-state index in [0.717, 1.165) is 43.5 Å².